The second-order valence-corrected chi connectivity index (χ2v) is 16.2. The molecule has 1 saturated heterocycles. The van der Waals surface area contributed by atoms with Crippen LogP contribution in [0.15, 0.2) is 24.6 Å². The summed E-state index contributed by atoms with van der Waals surface area (Å²) in [7, 11) is -3.55. The van der Waals surface area contributed by atoms with E-state index in [1.165, 1.54) is 0 Å². The quantitative estimate of drug-likeness (QED) is 0.234. The molecular formula is C15H32O7Si3. The molecule has 0 saturated carbocycles. The van der Waals surface area contributed by atoms with E-state index in [4.69, 9.17) is 31.0 Å². The third-order valence-corrected chi connectivity index (χ3v) is 13.7. The van der Waals surface area contributed by atoms with Gasteiger partial charge in [0.15, 0.2) is 0 Å². The molecule has 1 aliphatic rings. The fraction of sp³-hybridized carbons (Fsp3) is 0.733. The van der Waals surface area contributed by atoms with E-state index in [2.05, 4.69) is 13.2 Å². The van der Waals surface area contributed by atoms with E-state index in [1.807, 2.05) is 18.8 Å². The Hall–Kier alpha value is -0.149. The number of epoxide rings is 1. The molecule has 146 valence electrons. The van der Waals surface area contributed by atoms with Crippen LogP contribution in [0.4, 0.5) is 0 Å². The van der Waals surface area contributed by atoms with Crippen molar-refractivity contribution in [2.24, 2.45) is 0 Å². The SMILES string of the molecule is C=C[Si](C)(C)O[Si](C=C)(OC)O[Si](CCCOCC1CO1)(OC)OC. The fourth-order valence-corrected chi connectivity index (χ4v) is 11.4. The second-order valence-electron chi connectivity index (χ2n) is 6.25. The molecule has 2 atom stereocenters. The molecule has 0 aromatic carbocycles. The highest BCUT2D eigenvalue weighted by atomic mass is 28.5. The summed E-state index contributed by atoms with van der Waals surface area (Å²) in [6.07, 6.45) is 1.01. The monoisotopic (exact) mass is 408 g/mol. The zero-order valence-electron chi connectivity index (χ0n) is 16.0. The molecule has 0 N–H and O–H groups in total. The second kappa shape index (κ2) is 10.3. The summed E-state index contributed by atoms with van der Waals surface area (Å²) in [6, 6.07) is 0.594. The molecular weight excluding hydrogens is 376 g/mol. The van der Waals surface area contributed by atoms with Crippen LogP contribution >= 0.6 is 0 Å². The average molecular weight is 409 g/mol. The smallest absolute Gasteiger partial charge is 0.409 e. The van der Waals surface area contributed by atoms with E-state index in [1.54, 1.807) is 27.0 Å². The maximum absolute atomic E-state index is 6.28. The minimum Gasteiger partial charge on any atom is -0.409 e. The van der Waals surface area contributed by atoms with Gasteiger partial charge in [-0.25, -0.2) is 0 Å². The molecule has 0 aromatic heterocycles. The van der Waals surface area contributed by atoms with Gasteiger partial charge < -0.3 is 31.0 Å². The molecule has 0 amide bonds. The van der Waals surface area contributed by atoms with Gasteiger partial charge in [0.05, 0.1) is 13.2 Å². The fourth-order valence-electron chi connectivity index (χ4n) is 2.09. The van der Waals surface area contributed by atoms with Crippen LogP contribution in [0.5, 0.6) is 0 Å². The van der Waals surface area contributed by atoms with Gasteiger partial charge in [-0.15, -0.1) is 6.58 Å². The maximum Gasteiger partial charge on any atom is 0.511 e. The van der Waals surface area contributed by atoms with E-state index in [0.29, 0.717) is 19.3 Å². The summed E-state index contributed by atoms with van der Waals surface area (Å²) in [5.74, 6) is 0. The van der Waals surface area contributed by atoms with E-state index in [9.17, 15) is 0 Å². The molecule has 2 unspecified atom stereocenters. The van der Waals surface area contributed by atoms with Crippen LogP contribution in [0, 0.1) is 0 Å². The first-order valence-electron chi connectivity index (χ1n) is 8.32. The largest absolute Gasteiger partial charge is 0.511 e. The van der Waals surface area contributed by atoms with Crippen molar-refractivity contribution in [1.29, 1.82) is 0 Å². The Morgan fingerprint density at radius 1 is 1.04 bits per heavy atom. The van der Waals surface area contributed by atoms with Crippen LogP contribution in [0.3, 0.4) is 0 Å². The van der Waals surface area contributed by atoms with Crippen molar-refractivity contribution >= 4 is 25.9 Å². The Morgan fingerprint density at radius 2 is 1.68 bits per heavy atom. The van der Waals surface area contributed by atoms with Gasteiger partial charge >= 0.3 is 17.6 Å². The maximum atomic E-state index is 6.28. The van der Waals surface area contributed by atoms with Crippen LogP contribution in [-0.2, 0) is 31.0 Å². The van der Waals surface area contributed by atoms with Gasteiger partial charge in [0.1, 0.15) is 6.10 Å². The highest BCUT2D eigenvalue weighted by molar-refractivity contribution is 6.88. The van der Waals surface area contributed by atoms with Crippen LogP contribution < -0.4 is 0 Å². The molecule has 0 radical (unpaired) electrons. The molecule has 0 aromatic rings. The van der Waals surface area contributed by atoms with Crippen LogP contribution in [0.1, 0.15) is 6.42 Å². The third-order valence-electron chi connectivity index (χ3n) is 3.83. The molecule has 25 heavy (non-hydrogen) atoms. The molecule has 1 rings (SSSR count). The van der Waals surface area contributed by atoms with Crippen molar-refractivity contribution in [3.8, 4) is 0 Å². The Balaban J connectivity index is 2.71. The Kier molecular flexibility index (Phi) is 9.39. The Labute approximate surface area is 154 Å². The molecule has 0 spiro atoms. The molecule has 1 aliphatic heterocycles. The lowest BCUT2D eigenvalue weighted by atomic mass is 10.5. The first-order chi connectivity index (χ1) is 11.8. The van der Waals surface area contributed by atoms with E-state index >= 15 is 0 Å². The number of ether oxygens (including phenoxy) is 2. The number of rotatable bonds is 15. The summed E-state index contributed by atoms with van der Waals surface area (Å²) >= 11 is 0. The molecule has 7 nitrogen and oxygen atoms in total. The van der Waals surface area contributed by atoms with Gasteiger partial charge in [0.2, 0.25) is 8.32 Å². The first kappa shape index (κ1) is 22.9. The summed E-state index contributed by atoms with van der Waals surface area (Å²) in [4.78, 5) is 0. The van der Waals surface area contributed by atoms with Crippen molar-refractivity contribution in [1.82, 2.24) is 0 Å². The van der Waals surface area contributed by atoms with Gasteiger partial charge in [-0.05, 0) is 25.2 Å². The van der Waals surface area contributed by atoms with Crippen LogP contribution in [0.25, 0.3) is 0 Å². The zero-order chi connectivity index (χ0) is 19.0. The lowest BCUT2D eigenvalue weighted by molar-refractivity contribution is 0.0960. The standard InChI is InChI=1S/C15H32O7Si3/c1-8-23(6,7)21-24(9-2,16-3)22-25(17-4,18-5)12-10-11-19-13-15-14-20-15/h8-9,15H,1-2,10-14H2,3-7H3. The first-order valence-corrected chi connectivity index (χ1v) is 15.0. The van der Waals surface area contributed by atoms with Crippen molar-refractivity contribution in [2.45, 2.75) is 31.7 Å². The van der Waals surface area contributed by atoms with E-state index in [0.717, 1.165) is 13.0 Å². The van der Waals surface area contributed by atoms with Crippen molar-refractivity contribution in [3.05, 3.63) is 24.6 Å². The third kappa shape index (κ3) is 7.54. The topological polar surface area (TPSA) is 67.9 Å². The van der Waals surface area contributed by atoms with Crippen molar-refractivity contribution < 1.29 is 31.0 Å². The van der Waals surface area contributed by atoms with E-state index < -0.39 is 25.9 Å². The highest BCUT2D eigenvalue weighted by Crippen LogP contribution is 2.26. The predicted molar refractivity (Wildman–Crippen MR) is 103 cm³/mol. The van der Waals surface area contributed by atoms with Gasteiger partial charge in [-0.3, -0.25) is 0 Å². The summed E-state index contributed by atoms with van der Waals surface area (Å²) in [6.45, 7) is 13.8. The normalized spacial score (nSPS) is 20.1. The average Bonchev–Trinajstić information content (AvgIpc) is 3.44. The van der Waals surface area contributed by atoms with Crippen molar-refractivity contribution in [2.75, 3.05) is 41.2 Å². The van der Waals surface area contributed by atoms with Gasteiger partial charge in [0.25, 0.3) is 0 Å². The molecule has 0 aliphatic carbocycles. The molecule has 10 heteroatoms. The lowest BCUT2D eigenvalue weighted by Crippen LogP contribution is -2.60. The zero-order valence-corrected chi connectivity index (χ0v) is 19.0. The highest BCUT2D eigenvalue weighted by Gasteiger charge is 2.52. The number of hydrogen-bond donors (Lipinski definition) is 0. The summed E-state index contributed by atoms with van der Waals surface area (Å²) in [5.41, 5.74) is 3.45. The van der Waals surface area contributed by atoms with Gasteiger partial charge in [-0.1, -0.05) is 12.3 Å². The van der Waals surface area contributed by atoms with Crippen LogP contribution in [-0.4, -0.2) is 73.2 Å². The van der Waals surface area contributed by atoms with Crippen LogP contribution in [0.2, 0.25) is 19.1 Å². The number of hydrogen-bond acceptors (Lipinski definition) is 7. The lowest BCUT2D eigenvalue weighted by Gasteiger charge is -2.38. The van der Waals surface area contributed by atoms with E-state index in [-0.39, 0.29) is 6.10 Å². The van der Waals surface area contributed by atoms with Gasteiger partial charge in [-0.2, -0.15) is 0 Å². The predicted octanol–water partition coefficient (Wildman–Crippen LogP) is 2.30. The summed E-state index contributed by atoms with van der Waals surface area (Å²) in [5, 5.41) is 0. The van der Waals surface area contributed by atoms with Gasteiger partial charge in [0, 0.05) is 34.0 Å². The Bertz CT molecular complexity index is 427. The molecule has 1 heterocycles. The minimum atomic E-state index is -3.15. The Morgan fingerprint density at radius 3 is 2.12 bits per heavy atom. The molecule has 0 bridgehead atoms. The minimum absolute atomic E-state index is 0.261. The summed E-state index contributed by atoms with van der Waals surface area (Å²) < 4.78 is 40.2. The molecule has 1 fully saturated rings. The van der Waals surface area contributed by atoms with Crippen molar-refractivity contribution in [3.63, 3.8) is 0 Å².